The lowest BCUT2D eigenvalue weighted by molar-refractivity contribution is -0.115. The van der Waals surface area contributed by atoms with Crippen LogP contribution in [0.25, 0.3) is 0 Å². The number of thioether (sulfide) groups is 1. The fourth-order valence-corrected chi connectivity index (χ4v) is 3.16. The highest BCUT2D eigenvalue weighted by molar-refractivity contribution is 7.99. The zero-order valence-corrected chi connectivity index (χ0v) is 14.6. The van der Waals surface area contributed by atoms with Crippen molar-refractivity contribution >= 4 is 29.1 Å². The first-order valence-corrected chi connectivity index (χ1v) is 9.02. The number of carbonyl (C=O) groups is 2. The number of hydrogen-bond acceptors (Lipinski definition) is 5. The van der Waals surface area contributed by atoms with Crippen molar-refractivity contribution in [2.45, 2.75) is 37.3 Å². The molecule has 24 heavy (non-hydrogen) atoms. The number of nitrogens with one attached hydrogen (secondary N) is 1. The summed E-state index contributed by atoms with van der Waals surface area (Å²) in [5.74, 6) is 1.86. The van der Waals surface area contributed by atoms with Gasteiger partial charge in [-0.2, -0.15) is 0 Å². The molecule has 1 aliphatic carbocycles. The topological polar surface area (TPSA) is 76.9 Å². The van der Waals surface area contributed by atoms with Crippen LogP contribution in [0.15, 0.2) is 29.4 Å². The van der Waals surface area contributed by atoms with Crippen molar-refractivity contribution in [3.8, 4) is 0 Å². The molecule has 0 saturated heterocycles. The summed E-state index contributed by atoms with van der Waals surface area (Å²) in [6, 6.07) is 6.97. The van der Waals surface area contributed by atoms with Crippen LogP contribution in [0.5, 0.6) is 0 Å². The molecule has 0 radical (unpaired) electrons. The molecule has 2 aromatic rings. The van der Waals surface area contributed by atoms with E-state index in [1.165, 1.54) is 24.6 Å². The number of anilines is 1. The van der Waals surface area contributed by atoms with E-state index >= 15 is 0 Å². The molecule has 1 aromatic carbocycles. The average Bonchev–Trinajstić information content (AvgIpc) is 3.37. The number of aromatic nitrogens is 3. The van der Waals surface area contributed by atoms with Crippen molar-refractivity contribution in [1.82, 2.24) is 14.8 Å². The van der Waals surface area contributed by atoms with Gasteiger partial charge in [-0.05, 0) is 37.1 Å². The third kappa shape index (κ3) is 3.84. The molecule has 1 N–H and O–H groups in total. The molecule has 1 amide bonds. The van der Waals surface area contributed by atoms with Gasteiger partial charge in [0.25, 0.3) is 0 Å². The molecule has 1 fully saturated rings. The van der Waals surface area contributed by atoms with Crippen LogP contribution >= 0.6 is 11.8 Å². The Kier molecular flexibility index (Phi) is 4.99. The van der Waals surface area contributed by atoms with E-state index in [1.54, 1.807) is 31.2 Å². The lowest BCUT2D eigenvalue weighted by Crippen LogP contribution is -2.10. The van der Waals surface area contributed by atoms with E-state index in [2.05, 4.69) is 15.5 Å². The van der Waals surface area contributed by atoms with Crippen LogP contribution in [-0.2, 0) is 11.8 Å². The molecular weight excluding hydrogens is 324 g/mol. The largest absolute Gasteiger partial charge is 0.326 e. The van der Waals surface area contributed by atoms with Gasteiger partial charge < -0.3 is 9.88 Å². The molecule has 1 aliphatic rings. The Bertz CT molecular complexity index is 750. The van der Waals surface area contributed by atoms with Gasteiger partial charge in [-0.1, -0.05) is 18.7 Å². The van der Waals surface area contributed by atoms with Gasteiger partial charge in [0.15, 0.2) is 10.9 Å². The number of benzene rings is 1. The summed E-state index contributed by atoms with van der Waals surface area (Å²) < 4.78 is 1.99. The fraction of sp³-hybridized carbons (Fsp3) is 0.412. The first-order chi connectivity index (χ1) is 11.6. The predicted molar refractivity (Wildman–Crippen MR) is 93.4 cm³/mol. The van der Waals surface area contributed by atoms with Gasteiger partial charge >= 0.3 is 0 Å². The summed E-state index contributed by atoms with van der Waals surface area (Å²) in [4.78, 5) is 23.7. The highest BCUT2D eigenvalue weighted by Crippen LogP contribution is 2.39. The molecule has 0 unspecified atom stereocenters. The molecule has 1 saturated carbocycles. The van der Waals surface area contributed by atoms with Crippen LogP contribution in [0.3, 0.4) is 0 Å². The Morgan fingerprint density at radius 3 is 2.58 bits per heavy atom. The minimum atomic E-state index is -0.0432. The van der Waals surface area contributed by atoms with Gasteiger partial charge in [-0.3, -0.25) is 9.59 Å². The summed E-state index contributed by atoms with van der Waals surface area (Å²) in [7, 11) is 1.95. The zero-order chi connectivity index (χ0) is 17.1. The Hall–Kier alpha value is -2.15. The van der Waals surface area contributed by atoms with E-state index in [9.17, 15) is 9.59 Å². The summed E-state index contributed by atoms with van der Waals surface area (Å²) in [5.41, 5.74) is 1.33. The number of hydrogen-bond donors (Lipinski definition) is 1. The van der Waals surface area contributed by atoms with Crippen LogP contribution in [-0.4, -0.2) is 32.2 Å². The van der Waals surface area contributed by atoms with E-state index in [0.717, 1.165) is 11.0 Å². The van der Waals surface area contributed by atoms with Crippen molar-refractivity contribution in [1.29, 1.82) is 0 Å². The highest BCUT2D eigenvalue weighted by Gasteiger charge is 2.29. The maximum Gasteiger partial charge on any atom is 0.224 e. The van der Waals surface area contributed by atoms with Crippen LogP contribution in [0.4, 0.5) is 5.69 Å². The predicted octanol–water partition coefficient (Wildman–Crippen LogP) is 3.02. The van der Waals surface area contributed by atoms with Crippen LogP contribution in [0.1, 0.15) is 48.3 Å². The fourth-order valence-electron chi connectivity index (χ4n) is 2.35. The van der Waals surface area contributed by atoms with Gasteiger partial charge in [0, 0.05) is 30.6 Å². The second-order valence-corrected chi connectivity index (χ2v) is 6.81. The van der Waals surface area contributed by atoms with E-state index < -0.39 is 0 Å². The second kappa shape index (κ2) is 7.17. The molecule has 3 rings (SSSR count). The number of carbonyl (C=O) groups excluding carboxylic acids is 2. The monoisotopic (exact) mass is 344 g/mol. The van der Waals surface area contributed by atoms with E-state index in [4.69, 9.17) is 0 Å². The molecule has 0 atom stereocenters. The lowest BCUT2D eigenvalue weighted by atomic mass is 10.1. The van der Waals surface area contributed by atoms with Crippen molar-refractivity contribution in [3.05, 3.63) is 35.7 Å². The number of ketones is 1. The maximum atomic E-state index is 12.3. The zero-order valence-electron chi connectivity index (χ0n) is 13.8. The third-order valence-corrected chi connectivity index (χ3v) is 4.98. The molecule has 6 nitrogen and oxygen atoms in total. The van der Waals surface area contributed by atoms with Gasteiger partial charge in [-0.15, -0.1) is 10.2 Å². The molecule has 0 spiro atoms. The number of nitrogens with zero attached hydrogens (tertiary/aromatic N) is 3. The van der Waals surface area contributed by atoms with E-state index in [1.807, 2.05) is 11.6 Å². The standard InChI is InChI=1S/C17H20N4O2S/c1-3-15(23)18-13-8-6-11(7-9-13)14(22)10-24-17-20-19-16(21(17)2)12-4-5-12/h6-9,12H,3-5,10H2,1-2H3,(H,18,23). The van der Waals surface area contributed by atoms with Gasteiger partial charge in [-0.25, -0.2) is 0 Å². The minimum absolute atomic E-state index is 0.0318. The maximum absolute atomic E-state index is 12.3. The van der Waals surface area contributed by atoms with E-state index in [0.29, 0.717) is 29.3 Å². The summed E-state index contributed by atoms with van der Waals surface area (Å²) >= 11 is 1.40. The smallest absolute Gasteiger partial charge is 0.224 e. The molecule has 7 heteroatoms. The van der Waals surface area contributed by atoms with Gasteiger partial charge in [0.1, 0.15) is 5.82 Å². The van der Waals surface area contributed by atoms with Crippen molar-refractivity contribution in [2.24, 2.45) is 7.05 Å². The van der Waals surface area contributed by atoms with Crippen LogP contribution < -0.4 is 5.32 Å². The quantitative estimate of drug-likeness (QED) is 0.617. The average molecular weight is 344 g/mol. The Balaban J connectivity index is 1.57. The van der Waals surface area contributed by atoms with E-state index in [-0.39, 0.29) is 11.7 Å². The van der Waals surface area contributed by atoms with Crippen molar-refractivity contribution in [2.75, 3.05) is 11.1 Å². The Morgan fingerprint density at radius 2 is 1.96 bits per heavy atom. The second-order valence-electron chi connectivity index (χ2n) is 5.86. The first-order valence-electron chi connectivity index (χ1n) is 8.03. The molecule has 126 valence electrons. The third-order valence-electron chi connectivity index (χ3n) is 3.96. The first kappa shape index (κ1) is 16.7. The molecular formula is C17H20N4O2S. The molecule has 1 heterocycles. The van der Waals surface area contributed by atoms with Gasteiger partial charge in [0.2, 0.25) is 5.91 Å². The number of amides is 1. The number of rotatable bonds is 7. The molecule has 1 aromatic heterocycles. The van der Waals surface area contributed by atoms with Crippen LogP contribution in [0.2, 0.25) is 0 Å². The van der Waals surface area contributed by atoms with Crippen molar-refractivity contribution in [3.63, 3.8) is 0 Å². The van der Waals surface area contributed by atoms with Crippen molar-refractivity contribution < 1.29 is 9.59 Å². The Morgan fingerprint density at radius 1 is 1.25 bits per heavy atom. The molecule has 0 bridgehead atoms. The summed E-state index contributed by atoms with van der Waals surface area (Å²) in [5, 5.41) is 11.9. The highest BCUT2D eigenvalue weighted by atomic mass is 32.2. The van der Waals surface area contributed by atoms with Crippen LogP contribution in [0, 0.1) is 0 Å². The summed E-state index contributed by atoms with van der Waals surface area (Å²) in [6.07, 6.45) is 2.78. The Labute approximate surface area is 145 Å². The number of Topliss-reactive ketones (excluding diaryl/α,β-unsaturated/α-hetero) is 1. The summed E-state index contributed by atoms with van der Waals surface area (Å²) in [6.45, 7) is 1.80. The minimum Gasteiger partial charge on any atom is -0.326 e. The SMILES string of the molecule is CCC(=O)Nc1ccc(C(=O)CSc2nnc(C3CC3)n2C)cc1. The van der Waals surface area contributed by atoms with Gasteiger partial charge in [0.05, 0.1) is 5.75 Å². The lowest BCUT2D eigenvalue weighted by Gasteiger charge is -2.05. The molecule has 0 aliphatic heterocycles. The normalized spacial score (nSPS) is 13.8.